The summed E-state index contributed by atoms with van der Waals surface area (Å²) >= 11 is 0. The Hall–Kier alpha value is -1.29. The van der Waals surface area contributed by atoms with Gasteiger partial charge in [-0.25, -0.2) is 4.58 Å². The van der Waals surface area contributed by atoms with E-state index in [9.17, 15) is 0 Å². The summed E-state index contributed by atoms with van der Waals surface area (Å²) in [6.07, 6.45) is 3.32. The number of benzene rings is 1. The molecule has 4 nitrogen and oxygen atoms in total. The Bertz CT molecular complexity index is 645. The maximum Gasteiger partial charge on any atom is 0.183 e. The molecular weight excluding hydrogens is 403 g/mol. The fourth-order valence-electron chi connectivity index (χ4n) is 3.10. The number of unbranched alkanes of at least 4 members (excludes halogenated alkanes) is 1. The van der Waals surface area contributed by atoms with E-state index in [1.807, 2.05) is 0 Å². The number of fused-ring (bicyclic) bond motifs is 1. The Morgan fingerprint density at radius 3 is 2.39 bits per heavy atom. The monoisotopic (exact) mass is 428 g/mol. The first kappa shape index (κ1) is 19.8. The molecule has 0 radical (unpaired) electrons. The molecule has 0 amide bonds. The van der Waals surface area contributed by atoms with Crippen LogP contribution in [0, 0.1) is 11.3 Å². The first-order chi connectivity index (χ1) is 10.4. The van der Waals surface area contributed by atoms with Gasteiger partial charge in [0.25, 0.3) is 0 Å². The maximum absolute atomic E-state index is 8.80. The first-order valence-electron chi connectivity index (χ1n) is 7.66. The summed E-state index contributed by atoms with van der Waals surface area (Å²) in [5, 5.41) is 8.80. The zero-order valence-corrected chi connectivity index (χ0v) is 16.7. The van der Waals surface area contributed by atoms with E-state index < -0.39 is 0 Å². The molecule has 1 heterocycles. The summed E-state index contributed by atoms with van der Waals surface area (Å²) in [4.78, 5) is 0. The van der Waals surface area contributed by atoms with E-state index >= 15 is 0 Å². The van der Waals surface area contributed by atoms with Gasteiger partial charge < -0.3 is 33.5 Å². The van der Waals surface area contributed by atoms with Gasteiger partial charge in [-0.2, -0.15) is 5.26 Å². The quantitative estimate of drug-likeness (QED) is 0.382. The second-order valence-corrected chi connectivity index (χ2v) is 6.37. The molecule has 0 aliphatic carbocycles. The number of hydrogen-bond acceptors (Lipinski definition) is 3. The highest BCUT2D eigenvalue weighted by molar-refractivity contribution is 5.99. The fourth-order valence-corrected chi connectivity index (χ4v) is 3.10. The Labute approximate surface area is 156 Å². The van der Waals surface area contributed by atoms with E-state index in [-0.39, 0.29) is 29.5 Å². The van der Waals surface area contributed by atoms with Gasteiger partial charge >= 0.3 is 0 Å². The van der Waals surface area contributed by atoms with Crippen molar-refractivity contribution in [2.24, 2.45) is 0 Å². The maximum atomic E-state index is 8.80. The van der Waals surface area contributed by atoms with Gasteiger partial charge in [0, 0.05) is 38.7 Å². The van der Waals surface area contributed by atoms with Crippen molar-refractivity contribution < 1.29 is 38.0 Å². The lowest BCUT2D eigenvalue weighted by Crippen LogP contribution is -3.00. The molecule has 0 saturated carbocycles. The van der Waals surface area contributed by atoms with Gasteiger partial charge in [-0.15, -0.1) is 0 Å². The van der Waals surface area contributed by atoms with Crippen molar-refractivity contribution >= 4 is 5.71 Å². The standard InChI is InChI=1S/C18H25N2O2.HI/c1-18(2)12-13-10-16(21-4)17(22-5)11-14(13)15(20(18)3)8-6-7-9-19;/h10-11H,6-8,12H2,1-5H3;1H/q+1;/p-1. The molecule has 1 aliphatic heterocycles. The third-order valence-corrected chi connectivity index (χ3v) is 4.56. The van der Waals surface area contributed by atoms with Crippen molar-refractivity contribution in [1.82, 2.24) is 0 Å². The molecule has 5 heteroatoms. The smallest absolute Gasteiger partial charge is 0.183 e. The Morgan fingerprint density at radius 1 is 1.22 bits per heavy atom. The number of halogens is 1. The van der Waals surface area contributed by atoms with Crippen molar-refractivity contribution in [2.45, 2.75) is 45.1 Å². The lowest BCUT2D eigenvalue weighted by atomic mass is 9.84. The van der Waals surface area contributed by atoms with Gasteiger partial charge in [-0.05, 0) is 24.1 Å². The molecule has 1 aromatic rings. The summed E-state index contributed by atoms with van der Waals surface area (Å²) in [7, 11) is 5.47. The van der Waals surface area contributed by atoms with Crippen LogP contribution in [-0.4, -0.2) is 37.1 Å². The Kier molecular flexibility index (Phi) is 6.87. The van der Waals surface area contributed by atoms with E-state index in [2.05, 4.69) is 43.7 Å². The number of nitrogens with zero attached hydrogens (tertiary/aromatic N) is 2. The molecule has 0 N–H and O–H groups in total. The highest BCUT2D eigenvalue weighted by Gasteiger charge is 2.38. The van der Waals surface area contributed by atoms with Crippen molar-refractivity contribution in [3.8, 4) is 17.6 Å². The van der Waals surface area contributed by atoms with Crippen molar-refractivity contribution in [1.29, 1.82) is 5.26 Å². The van der Waals surface area contributed by atoms with Crippen LogP contribution < -0.4 is 33.5 Å². The Balaban J connectivity index is 0.00000264. The molecule has 23 heavy (non-hydrogen) atoms. The van der Waals surface area contributed by atoms with E-state index in [4.69, 9.17) is 14.7 Å². The zero-order valence-electron chi connectivity index (χ0n) is 14.6. The predicted molar refractivity (Wildman–Crippen MR) is 87.1 cm³/mol. The van der Waals surface area contributed by atoms with E-state index in [0.29, 0.717) is 6.42 Å². The largest absolute Gasteiger partial charge is 1.00 e. The number of hydrogen-bond donors (Lipinski definition) is 0. The zero-order chi connectivity index (χ0) is 16.3. The highest BCUT2D eigenvalue weighted by atomic mass is 127. The second kappa shape index (κ2) is 8.00. The number of ether oxygens (including phenoxy) is 2. The topological polar surface area (TPSA) is 45.3 Å². The number of likely N-dealkylation sites (N-methyl/N-ethyl adjacent to an activating group) is 1. The normalized spacial score (nSPS) is 15.3. The van der Waals surface area contributed by atoms with Crippen LogP contribution in [0.15, 0.2) is 12.1 Å². The summed E-state index contributed by atoms with van der Waals surface area (Å²) in [6, 6.07) is 6.39. The van der Waals surface area contributed by atoms with Crippen molar-refractivity contribution in [3.63, 3.8) is 0 Å². The summed E-state index contributed by atoms with van der Waals surface area (Å²) in [6.45, 7) is 4.49. The minimum atomic E-state index is 0. The molecule has 0 saturated heterocycles. The summed E-state index contributed by atoms with van der Waals surface area (Å²) in [5.74, 6) is 1.53. The fraction of sp³-hybridized carbons (Fsp3) is 0.556. The number of nitriles is 1. The molecule has 0 spiro atoms. The van der Waals surface area contributed by atoms with Gasteiger partial charge in [-0.1, -0.05) is 0 Å². The lowest BCUT2D eigenvalue weighted by molar-refractivity contribution is -0.577. The summed E-state index contributed by atoms with van der Waals surface area (Å²) < 4.78 is 13.2. The molecule has 0 aromatic heterocycles. The highest BCUT2D eigenvalue weighted by Crippen LogP contribution is 2.36. The molecule has 0 bridgehead atoms. The average molecular weight is 428 g/mol. The van der Waals surface area contributed by atoms with Crippen LogP contribution in [0.3, 0.4) is 0 Å². The average Bonchev–Trinajstić information content (AvgIpc) is 2.49. The van der Waals surface area contributed by atoms with Gasteiger partial charge in [0.1, 0.15) is 7.05 Å². The van der Waals surface area contributed by atoms with Crippen molar-refractivity contribution in [2.75, 3.05) is 21.3 Å². The number of rotatable bonds is 5. The third kappa shape index (κ3) is 3.97. The SMILES string of the molecule is COc1cc2c(cc1OC)C(CCCC#N)=[N+](C)C(C)(C)C2.[I-]. The van der Waals surface area contributed by atoms with E-state index in [1.165, 1.54) is 16.8 Å². The Morgan fingerprint density at radius 2 is 1.83 bits per heavy atom. The van der Waals surface area contributed by atoms with Gasteiger partial charge in [0.15, 0.2) is 22.7 Å². The van der Waals surface area contributed by atoms with Crippen LogP contribution in [0.5, 0.6) is 11.5 Å². The van der Waals surface area contributed by atoms with E-state index in [0.717, 1.165) is 30.8 Å². The molecule has 0 atom stereocenters. The molecule has 2 rings (SSSR count). The summed E-state index contributed by atoms with van der Waals surface area (Å²) in [5.41, 5.74) is 3.83. The second-order valence-electron chi connectivity index (χ2n) is 6.37. The van der Waals surface area contributed by atoms with Gasteiger partial charge in [0.2, 0.25) is 0 Å². The molecule has 126 valence electrons. The first-order valence-corrected chi connectivity index (χ1v) is 7.66. The van der Waals surface area contributed by atoms with Crippen LogP contribution in [-0.2, 0) is 6.42 Å². The van der Waals surface area contributed by atoms with Gasteiger partial charge in [0.05, 0.1) is 20.3 Å². The predicted octanol–water partition coefficient (Wildman–Crippen LogP) is 0.168. The van der Waals surface area contributed by atoms with Crippen molar-refractivity contribution in [3.05, 3.63) is 23.3 Å². The van der Waals surface area contributed by atoms with Crippen LogP contribution in [0.2, 0.25) is 0 Å². The lowest BCUT2D eigenvalue weighted by Gasteiger charge is -2.30. The molecular formula is C18H25IN2O2. The van der Waals surface area contributed by atoms with E-state index in [1.54, 1.807) is 14.2 Å². The molecule has 0 unspecified atom stereocenters. The van der Waals surface area contributed by atoms with Crippen LogP contribution in [0.4, 0.5) is 0 Å². The van der Waals surface area contributed by atoms with Crippen LogP contribution in [0.1, 0.15) is 44.2 Å². The van der Waals surface area contributed by atoms with Gasteiger partial charge in [-0.3, -0.25) is 0 Å². The number of methoxy groups -OCH3 is 2. The minimum absolute atomic E-state index is 0. The van der Waals surface area contributed by atoms with Crippen LogP contribution >= 0.6 is 0 Å². The third-order valence-electron chi connectivity index (χ3n) is 4.56. The molecule has 0 fully saturated rings. The molecule has 1 aliphatic rings. The van der Waals surface area contributed by atoms with Crippen LogP contribution in [0.25, 0.3) is 0 Å². The molecule has 1 aromatic carbocycles. The minimum Gasteiger partial charge on any atom is -1.00 e.